The summed E-state index contributed by atoms with van der Waals surface area (Å²) in [5.41, 5.74) is 3.70. The average Bonchev–Trinajstić information content (AvgIpc) is 2.69. The van der Waals surface area contributed by atoms with Crippen molar-refractivity contribution in [3.63, 3.8) is 0 Å². The molecule has 0 fully saturated rings. The molecule has 1 aromatic carbocycles. The van der Waals surface area contributed by atoms with E-state index in [2.05, 4.69) is 18.8 Å². The normalized spacial score (nSPS) is 21.0. The van der Waals surface area contributed by atoms with Crippen LogP contribution in [-0.4, -0.2) is 23.8 Å². The second-order valence-corrected chi connectivity index (χ2v) is 9.25. The number of carbonyl (C=O) groups is 2. The van der Waals surface area contributed by atoms with E-state index in [4.69, 9.17) is 16.3 Å². The van der Waals surface area contributed by atoms with Crippen molar-refractivity contribution in [2.24, 2.45) is 5.41 Å². The second kappa shape index (κ2) is 7.55. The van der Waals surface area contributed by atoms with E-state index in [1.165, 1.54) is 0 Å². The van der Waals surface area contributed by atoms with Crippen LogP contribution in [0.1, 0.15) is 50.2 Å². The zero-order valence-electron chi connectivity index (χ0n) is 17.7. The number of ketones is 1. The molecular formula is C24H25ClN2O3. The number of hydrogen-bond acceptors (Lipinski definition) is 4. The summed E-state index contributed by atoms with van der Waals surface area (Å²) in [6, 6.07) is 7.36. The average molecular weight is 425 g/mol. The number of anilines is 1. The van der Waals surface area contributed by atoms with E-state index < -0.39 is 0 Å². The first-order chi connectivity index (χ1) is 14.2. The van der Waals surface area contributed by atoms with Gasteiger partial charge in [-0.1, -0.05) is 25.4 Å². The van der Waals surface area contributed by atoms with Gasteiger partial charge in [0.05, 0.1) is 12.8 Å². The smallest absolute Gasteiger partial charge is 0.232 e. The molecule has 6 heteroatoms. The van der Waals surface area contributed by atoms with Crippen molar-refractivity contribution in [2.45, 2.75) is 46.0 Å². The van der Waals surface area contributed by atoms with Crippen LogP contribution in [0, 0.1) is 12.3 Å². The Kier molecular flexibility index (Phi) is 5.18. The molecule has 1 aliphatic carbocycles. The van der Waals surface area contributed by atoms with Gasteiger partial charge < -0.3 is 4.74 Å². The number of ether oxygens (including phenoxy) is 1. The van der Waals surface area contributed by atoms with E-state index in [0.717, 1.165) is 22.4 Å². The van der Waals surface area contributed by atoms with E-state index in [-0.39, 0.29) is 29.4 Å². The van der Waals surface area contributed by atoms with Gasteiger partial charge in [0.1, 0.15) is 5.75 Å². The molecule has 30 heavy (non-hydrogen) atoms. The highest BCUT2D eigenvalue weighted by Crippen LogP contribution is 2.49. The molecule has 0 N–H and O–H groups in total. The molecule has 4 rings (SSSR count). The minimum atomic E-state index is -0.255. The van der Waals surface area contributed by atoms with E-state index >= 15 is 0 Å². The number of amides is 1. The Morgan fingerprint density at radius 1 is 1.17 bits per heavy atom. The zero-order chi connectivity index (χ0) is 21.6. The van der Waals surface area contributed by atoms with Crippen LogP contribution in [0.15, 0.2) is 47.9 Å². The van der Waals surface area contributed by atoms with Crippen molar-refractivity contribution in [3.8, 4) is 5.75 Å². The van der Waals surface area contributed by atoms with Gasteiger partial charge in [-0.15, -0.1) is 0 Å². The minimum absolute atomic E-state index is 0.0546. The molecular weight excluding hydrogens is 400 g/mol. The van der Waals surface area contributed by atoms with Gasteiger partial charge in [-0.25, -0.2) is 0 Å². The van der Waals surface area contributed by atoms with Crippen molar-refractivity contribution in [2.75, 3.05) is 12.0 Å². The number of carbonyl (C=O) groups excluding carboxylic acids is 2. The van der Waals surface area contributed by atoms with Crippen molar-refractivity contribution < 1.29 is 14.3 Å². The van der Waals surface area contributed by atoms with Gasteiger partial charge in [0.2, 0.25) is 5.91 Å². The molecule has 1 aliphatic heterocycles. The van der Waals surface area contributed by atoms with Gasteiger partial charge in [-0.05, 0) is 48.1 Å². The lowest BCUT2D eigenvalue weighted by Gasteiger charge is -2.43. The van der Waals surface area contributed by atoms with E-state index in [1.54, 1.807) is 30.5 Å². The number of methoxy groups -OCH3 is 1. The fraction of sp³-hybridized carbons (Fsp3) is 0.375. The topological polar surface area (TPSA) is 59.5 Å². The second-order valence-electron chi connectivity index (χ2n) is 8.84. The molecule has 5 nitrogen and oxygen atoms in total. The Balaban J connectivity index is 1.95. The monoisotopic (exact) mass is 424 g/mol. The maximum atomic E-state index is 13.5. The molecule has 1 aromatic heterocycles. The minimum Gasteiger partial charge on any atom is -0.495 e. The van der Waals surface area contributed by atoms with Crippen molar-refractivity contribution in [1.29, 1.82) is 0 Å². The Morgan fingerprint density at radius 2 is 1.87 bits per heavy atom. The molecule has 1 unspecified atom stereocenters. The molecule has 0 saturated carbocycles. The number of halogens is 1. The zero-order valence-corrected chi connectivity index (χ0v) is 18.4. The molecule has 0 bridgehead atoms. The van der Waals surface area contributed by atoms with Gasteiger partial charge in [0.25, 0.3) is 0 Å². The lowest BCUT2D eigenvalue weighted by Crippen LogP contribution is -2.43. The third-order valence-corrected chi connectivity index (χ3v) is 6.36. The van der Waals surface area contributed by atoms with Gasteiger partial charge in [-0.2, -0.15) is 0 Å². The molecule has 2 aromatic rings. The van der Waals surface area contributed by atoms with Gasteiger partial charge >= 0.3 is 0 Å². The highest BCUT2D eigenvalue weighted by molar-refractivity contribution is 6.31. The maximum absolute atomic E-state index is 13.5. The number of hydrogen-bond donors (Lipinski definition) is 0. The number of aryl methyl sites for hydroxylation is 1. The fourth-order valence-corrected chi connectivity index (χ4v) is 4.72. The number of nitrogens with zero attached hydrogens (tertiary/aromatic N) is 2. The SMILES string of the molecule is COc1cc(Cl)c(C)cc1N1C(=O)CC(c2ccncc2)C2=C1CC(C)(C)CC2=O. The quantitative estimate of drug-likeness (QED) is 0.678. The standard InChI is InChI=1S/C24H25ClN2O3/c1-14-9-18(21(30-4)11-17(14)25)27-19-12-24(2,3)13-20(28)23(19)16(10-22(27)29)15-5-7-26-8-6-15/h5-9,11,16H,10,12-13H2,1-4H3. The summed E-state index contributed by atoms with van der Waals surface area (Å²) in [5.74, 6) is 0.310. The summed E-state index contributed by atoms with van der Waals surface area (Å²) >= 11 is 6.29. The molecule has 1 atom stereocenters. The van der Waals surface area contributed by atoms with Gasteiger partial charge in [0.15, 0.2) is 5.78 Å². The molecule has 0 saturated heterocycles. The highest BCUT2D eigenvalue weighted by Gasteiger charge is 2.45. The van der Waals surface area contributed by atoms with Gasteiger partial charge in [-0.3, -0.25) is 19.5 Å². The fourth-order valence-electron chi connectivity index (χ4n) is 4.56. The summed E-state index contributed by atoms with van der Waals surface area (Å²) in [7, 11) is 1.56. The van der Waals surface area contributed by atoms with Crippen LogP contribution < -0.4 is 9.64 Å². The largest absolute Gasteiger partial charge is 0.495 e. The summed E-state index contributed by atoms with van der Waals surface area (Å²) in [4.78, 5) is 32.6. The first kappa shape index (κ1) is 20.6. The van der Waals surface area contributed by atoms with E-state index in [0.29, 0.717) is 29.3 Å². The van der Waals surface area contributed by atoms with Crippen LogP contribution in [0.4, 0.5) is 5.69 Å². The lowest BCUT2D eigenvalue weighted by atomic mass is 9.69. The molecule has 156 valence electrons. The first-order valence-corrected chi connectivity index (χ1v) is 10.4. The number of rotatable bonds is 3. The highest BCUT2D eigenvalue weighted by atomic mass is 35.5. The predicted molar refractivity (Wildman–Crippen MR) is 117 cm³/mol. The Bertz CT molecular complexity index is 1060. The molecule has 1 amide bonds. The third kappa shape index (κ3) is 3.52. The van der Waals surface area contributed by atoms with Crippen LogP contribution in [0.2, 0.25) is 5.02 Å². The number of pyridine rings is 1. The molecule has 2 aliphatic rings. The van der Waals surface area contributed by atoms with E-state index in [9.17, 15) is 9.59 Å². The van der Waals surface area contributed by atoms with Crippen LogP contribution >= 0.6 is 11.6 Å². The Hall–Kier alpha value is -2.66. The van der Waals surface area contributed by atoms with Crippen molar-refractivity contribution >= 4 is 29.0 Å². The number of allylic oxidation sites excluding steroid dienone is 2. The molecule has 0 spiro atoms. The summed E-state index contributed by atoms with van der Waals surface area (Å²) in [6.07, 6.45) is 4.72. The summed E-state index contributed by atoms with van der Waals surface area (Å²) in [5, 5.41) is 0.573. The van der Waals surface area contributed by atoms with Crippen LogP contribution in [-0.2, 0) is 9.59 Å². The Labute approximate surface area is 181 Å². The lowest BCUT2D eigenvalue weighted by molar-refractivity contribution is -0.121. The number of Topliss-reactive ketones (excluding diaryl/α,β-unsaturated/α-hetero) is 1. The van der Waals surface area contributed by atoms with Crippen LogP contribution in [0.25, 0.3) is 0 Å². The molecule has 2 heterocycles. The summed E-state index contributed by atoms with van der Waals surface area (Å²) < 4.78 is 5.56. The first-order valence-electron chi connectivity index (χ1n) is 10.0. The maximum Gasteiger partial charge on any atom is 0.232 e. The number of benzene rings is 1. The number of aromatic nitrogens is 1. The summed E-state index contributed by atoms with van der Waals surface area (Å²) in [6.45, 7) is 6.03. The van der Waals surface area contributed by atoms with Crippen molar-refractivity contribution in [1.82, 2.24) is 4.98 Å². The van der Waals surface area contributed by atoms with Crippen LogP contribution in [0.3, 0.4) is 0 Å². The van der Waals surface area contributed by atoms with Gasteiger partial charge in [0, 0.05) is 53.5 Å². The van der Waals surface area contributed by atoms with Crippen LogP contribution in [0.5, 0.6) is 5.75 Å². The molecule has 0 radical (unpaired) electrons. The predicted octanol–water partition coefficient (Wildman–Crippen LogP) is 5.22. The third-order valence-electron chi connectivity index (χ3n) is 5.95. The van der Waals surface area contributed by atoms with E-state index in [1.807, 2.05) is 25.1 Å². The van der Waals surface area contributed by atoms with Crippen molar-refractivity contribution in [3.05, 3.63) is 64.1 Å². The Morgan fingerprint density at radius 3 is 2.53 bits per heavy atom.